The van der Waals surface area contributed by atoms with Crippen LogP contribution in [0.1, 0.15) is 19.8 Å². The molecule has 0 aliphatic rings. The van der Waals surface area contributed by atoms with Gasteiger partial charge in [-0.3, -0.25) is 9.00 Å². The van der Waals surface area contributed by atoms with Crippen molar-refractivity contribution in [2.24, 2.45) is 0 Å². The Labute approximate surface area is 162 Å². The molecule has 0 spiro atoms. The summed E-state index contributed by atoms with van der Waals surface area (Å²) in [5, 5.41) is 4.32. The van der Waals surface area contributed by atoms with E-state index in [1.54, 1.807) is 13.1 Å². The lowest BCUT2D eigenvalue weighted by Gasteiger charge is -2.19. The molecular weight excluding hydrogens is 403 g/mol. The van der Waals surface area contributed by atoms with Crippen molar-refractivity contribution in [1.29, 1.82) is 0 Å². The van der Waals surface area contributed by atoms with Crippen LogP contribution in [0.25, 0.3) is 5.69 Å². The van der Waals surface area contributed by atoms with Crippen molar-refractivity contribution in [2.45, 2.75) is 25.9 Å². The number of carbonyl (C=O) groups excluding carboxylic acids is 1. The first-order valence-electron chi connectivity index (χ1n) is 8.24. The van der Waals surface area contributed by atoms with Gasteiger partial charge in [-0.2, -0.15) is 18.3 Å². The molecule has 1 unspecified atom stereocenters. The van der Waals surface area contributed by atoms with Gasteiger partial charge in [0, 0.05) is 35.3 Å². The Hall–Kier alpha value is -1.87. The molecule has 1 amide bonds. The molecule has 0 aliphatic heterocycles. The molecule has 1 atom stereocenters. The molecule has 1 aromatic carbocycles. The van der Waals surface area contributed by atoms with Gasteiger partial charge in [0.1, 0.15) is 5.69 Å². The molecule has 2 rings (SSSR count). The minimum absolute atomic E-state index is 0.129. The molecular formula is C17H19ClF3N3O2S. The van der Waals surface area contributed by atoms with Crippen molar-refractivity contribution in [3.63, 3.8) is 0 Å². The Morgan fingerprint density at radius 3 is 2.52 bits per heavy atom. The topological polar surface area (TPSA) is 55.2 Å². The first-order chi connectivity index (χ1) is 12.7. The van der Waals surface area contributed by atoms with Crippen LogP contribution in [-0.2, 0) is 15.6 Å². The zero-order valence-corrected chi connectivity index (χ0v) is 16.2. The molecule has 0 saturated carbocycles. The number of anilines is 1. The quantitative estimate of drug-likeness (QED) is 0.648. The van der Waals surface area contributed by atoms with Crippen LogP contribution in [0.5, 0.6) is 0 Å². The summed E-state index contributed by atoms with van der Waals surface area (Å²) in [5.74, 6) is -1.00. The summed E-state index contributed by atoms with van der Waals surface area (Å²) in [6.07, 6.45) is -4.00. The zero-order valence-electron chi connectivity index (χ0n) is 14.6. The largest absolute Gasteiger partial charge is 0.390 e. The van der Waals surface area contributed by atoms with Crippen molar-refractivity contribution in [1.82, 2.24) is 9.78 Å². The summed E-state index contributed by atoms with van der Waals surface area (Å²) < 4.78 is 49.7. The highest BCUT2D eigenvalue weighted by molar-refractivity contribution is 7.84. The molecule has 27 heavy (non-hydrogen) atoms. The van der Waals surface area contributed by atoms with Gasteiger partial charge in [0.05, 0.1) is 18.3 Å². The van der Waals surface area contributed by atoms with Gasteiger partial charge in [-0.15, -0.1) is 0 Å². The number of benzene rings is 1. The standard InChI is InChI=1S/C17H19ClF3N3O2S/c1-2-23(15(25)8-10-27(26)11-9-17(19,20)21)14-12-24(22-16(14)18)13-6-4-3-5-7-13/h3-7,12H,2,8-11H2,1H3. The molecule has 0 fully saturated rings. The summed E-state index contributed by atoms with van der Waals surface area (Å²) in [7, 11) is -1.71. The number of hydrogen-bond donors (Lipinski definition) is 0. The Morgan fingerprint density at radius 2 is 1.93 bits per heavy atom. The van der Waals surface area contributed by atoms with Gasteiger partial charge < -0.3 is 4.90 Å². The van der Waals surface area contributed by atoms with E-state index in [1.807, 2.05) is 30.3 Å². The van der Waals surface area contributed by atoms with E-state index in [-0.39, 0.29) is 23.2 Å². The molecule has 0 aliphatic carbocycles. The van der Waals surface area contributed by atoms with Crippen LogP contribution >= 0.6 is 11.6 Å². The van der Waals surface area contributed by atoms with Crippen molar-refractivity contribution < 1.29 is 22.2 Å². The lowest BCUT2D eigenvalue weighted by Crippen LogP contribution is -2.31. The Kier molecular flexibility index (Phi) is 7.43. The number of amides is 1. The minimum Gasteiger partial charge on any atom is -0.308 e. The van der Waals surface area contributed by atoms with Gasteiger partial charge in [0.15, 0.2) is 5.15 Å². The van der Waals surface area contributed by atoms with E-state index < -0.39 is 29.1 Å². The second kappa shape index (κ2) is 9.36. The highest BCUT2D eigenvalue weighted by Gasteiger charge is 2.28. The molecule has 1 aromatic heterocycles. The first-order valence-corrected chi connectivity index (χ1v) is 10.1. The summed E-state index contributed by atoms with van der Waals surface area (Å²) in [6, 6.07) is 9.19. The van der Waals surface area contributed by atoms with E-state index in [0.29, 0.717) is 12.2 Å². The molecule has 1 heterocycles. The Balaban J connectivity index is 2.03. The Bertz CT molecular complexity index is 796. The maximum atomic E-state index is 12.5. The van der Waals surface area contributed by atoms with Crippen molar-refractivity contribution >= 4 is 34.0 Å². The van der Waals surface area contributed by atoms with Crippen LogP contribution in [0.2, 0.25) is 5.15 Å². The fraction of sp³-hybridized carbons (Fsp3) is 0.412. The normalized spacial score (nSPS) is 12.8. The summed E-state index contributed by atoms with van der Waals surface area (Å²) in [6.45, 7) is 2.04. The van der Waals surface area contributed by atoms with Crippen LogP contribution < -0.4 is 4.90 Å². The number of aromatic nitrogens is 2. The van der Waals surface area contributed by atoms with Gasteiger partial charge in [0.2, 0.25) is 5.91 Å². The molecule has 0 radical (unpaired) electrons. The number of para-hydroxylation sites is 1. The SMILES string of the molecule is CCN(C(=O)CCS(=O)CCC(F)(F)F)c1cn(-c2ccccc2)nc1Cl. The van der Waals surface area contributed by atoms with Gasteiger partial charge in [-0.1, -0.05) is 29.8 Å². The van der Waals surface area contributed by atoms with Crippen molar-refractivity contribution in [3.05, 3.63) is 41.7 Å². The third kappa shape index (κ3) is 6.35. The van der Waals surface area contributed by atoms with E-state index in [1.165, 1.54) is 9.58 Å². The van der Waals surface area contributed by atoms with E-state index in [0.717, 1.165) is 5.69 Å². The van der Waals surface area contributed by atoms with Gasteiger partial charge in [-0.05, 0) is 19.1 Å². The average Bonchev–Trinajstić information content (AvgIpc) is 3.00. The minimum atomic E-state index is -4.35. The molecule has 148 valence electrons. The van der Waals surface area contributed by atoms with Crippen LogP contribution in [-0.4, -0.2) is 44.1 Å². The van der Waals surface area contributed by atoms with Crippen LogP contribution in [0, 0.1) is 0 Å². The molecule has 2 aromatic rings. The maximum Gasteiger partial charge on any atom is 0.390 e. The monoisotopic (exact) mass is 421 g/mol. The van der Waals surface area contributed by atoms with Crippen LogP contribution in [0.4, 0.5) is 18.9 Å². The number of alkyl halides is 3. The van der Waals surface area contributed by atoms with E-state index >= 15 is 0 Å². The summed E-state index contributed by atoms with van der Waals surface area (Å²) in [5.41, 5.74) is 1.16. The predicted octanol–water partition coefficient (Wildman–Crippen LogP) is 3.97. The third-order valence-corrected chi connectivity index (χ3v) is 5.33. The lowest BCUT2D eigenvalue weighted by atomic mass is 10.3. The summed E-state index contributed by atoms with van der Waals surface area (Å²) in [4.78, 5) is 13.8. The smallest absolute Gasteiger partial charge is 0.308 e. The van der Waals surface area contributed by atoms with Crippen LogP contribution in [0.3, 0.4) is 0 Å². The van der Waals surface area contributed by atoms with Gasteiger partial charge in [-0.25, -0.2) is 4.68 Å². The second-order valence-electron chi connectivity index (χ2n) is 5.69. The maximum absolute atomic E-state index is 12.5. The van der Waals surface area contributed by atoms with E-state index in [4.69, 9.17) is 11.6 Å². The Morgan fingerprint density at radius 1 is 1.26 bits per heavy atom. The zero-order chi connectivity index (χ0) is 20.0. The predicted molar refractivity (Wildman–Crippen MR) is 99.8 cm³/mol. The number of rotatable bonds is 8. The van der Waals surface area contributed by atoms with E-state index in [2.05, 4.69) is 5.10 Å². The highest BCUT2D eigenvalue weighted by Crippen LogP contribution is 2.26. The molecule has 0 N–H and O–H groups in total. The van der Waals surface area contributed by atoms with Crippen molar-refractivity contribution in [3.8, 4) is 5.69 Å². The first kappa shape index (κ1) is 21.4. The van der Waals surface area contributed by atoms with Crippen molar-refractivity contribution in [2.75, 3.05) is 23.0 Å². The number of hydrogen-bond acceptors (Lipinski definition) is 3. The molecule has 5 nitrogen and oxygen atoms in total. The van der Waals surface area contributed by atoms with Gasteiger partial charge in [0.25, 0.3) is 0 Å². The molecule has 0 bridgehead atoms. The molecule has 0 saturated heterocycles. The van der Waals surface area contributed by atoms with Crippen LogP contribution in [0.15, 0.2) is 36.5 Å². The highest BCUT2D eigenvalue weighted by atomic mass is 35.5. The number of carbonyl (C=O) groups is 1. The molecule has 10 heteroatoms. The van der Waals surface area contributed by atoms with Gasteiger partial charge >= 0.3 is 6.18 Å². The van der Waals surface area contributed by atoms with E-state index in [9.17, 15) is 22.2 Å². The lowest BCUT2D eigenvalue weighted by molar-refractivity contribution is -0.129. The second-order valence-corrected chi connectivity index (χ2v) is 7.74. The summed E-state index contributed by atoms with van der Waals surface area (Å²) >= 11 is 6.16. The third-order valence-electron chi connectivity index (χ3n) is 3.74. The fourth-order valence-electron chi connectivity index (χ4n) is 2.39. The number of halogens is 4. The number of nitrogens with zero attached hydrogens (tertiary/aromatic N) is 3. The average molecular weight is 422 g/mol. The fourth-order valence-corrected chi connectivity index (χ4v) is 3.68.